The Balaban J connectivity index is 2.02. The van der Waals surface area contributed by atoms with Crippen LogP contribution in [0.5, 0.6) is 0 Å². The number of ether oxygens (including phenoxy) is 1. The van der Waals surface area contributed by atoms with Crippen molar-refractivity contribution in [1.29, 1.82) is 0 Å². The highest BCUT2D eigenvalue weighted by molar-refractivity contribution is 7.98. The summed E-state index contributed by atoms with van der Waals surface area (Å²) in [7, 11) is 0. The van der Waals surface area contributed by atoms with Gasteiger partial charge in [-0.1, -0.05) is 23.9 Å². The SMILES string of the molecule is CCO/C=C/c1nc(SC)nc(Nc2cccc(-c3ncccn3)c2)c1C(=O)O. The molecule has 0 amide bonds. The maximum absolute atomic E-state index is 11.9. The largest absolute Gasteiger partial charge is 0.501 e. The molecule has 3 rings (SSSR count). The lowest BCUT2D eigenvalue weighted by molar-refractivity contribution is 0.0696. The molecule has 9 heteroatoms. The lowest BCUT2D eigenvalue weighted by atomic mass is 10.1. The predicted octanol–water partition coefficient (Wildman–Crippen LogP) is 4.10. The summed E-state index contributed by atoms with van der Waals surface area (Å²) in [6.45, 7) is 2.31. The van der Waals surface area contributed by atoms with E-state index in [0.717, 1.165) is 5.56 Å². The van der Waals surface area contributed by atoms with Gasteiger partial charge in [-0.3, -0.25) is 0 Å². The predicted molar refractivity (Wildman–Crippen MR) is 112 cm³/mol. The minimum Gasteiger partial charge on any atom is -0.501 e. The molecule has 0 fully saturated rings. The summed E-state index contributed by atoms with van der Waals surface area (Å²) < 4.78 is 5.19. The summed E-state index contributed by atoms with van der Waals surface area (Å²) >= 11 is 1.32. The third kappa shape index (κ3) is 5.08. The van der Waals surface area contributed by atoms with Crippen LogP contribution in [0.1, 0.15) is 23.0 Å². The van der Waals surface area contributed by atoms with Crippen molar-refractivity contribution in [3.63, 3.8) is 0 Å². The molecule has 0 saturated heterocycles. The zero-order valence-electron chi connectivity index (χ0n) is 15.9. The third-order valence-electron chi connectivity index (χ3n) is 3.75. The van der Waals surface area contributed by atoms with E-state index in [-0.39, 0.29) is 17.1 Å². The quantitative estimate of drug-likeness (QED) is 0.323. The summed E-state index contributed by atoms with van der Waals surface area (Å²) in [4.78, 5) is 29.1. The van der Waals surface area contributed by atoms with Crippen LogP contribution in [0, 0.1) is 0 Å². The van der Waals surface area contributed by atoms with E-state index in [1.165, 1.54) is 24.1 Å². The molecule has 0 spiro atoms. The number of carbonyl (C=O) groups is 1. The van der Waals surface area contributed by atoms with Crippen molar-refractivity contribution in [1.82, 2.24) is 19.9 Å². The molecule has 148 valence electrons. The van der Waals surface area contributed by atoms with E-state index in [1.807, 2.05) is 37.4 Å². The summed E-state index contributed by atoms with van der Waals surface area (Å²) in [5.74, 6) is -0.375. The molecule has 0 aliphatic carbocycles. The molecule has 0 saturated carbocycles. The van der Waals surface area contributed by atoms with Gasteiger partial charge in [-0.05, 0) is 37.5 Å². The molecule has 2 aromatic heterocycles. The monoisotopic (exact) mass is 409 g/mol. The number of rotatable bonds is 8. The van der Waals surface area contributed by atoms with Gasteiger partial charge in [0.2, 0.25) is 0 Å². The van der Waals surface area contributed by atoms with E-state index < -0.39 is 5.97 Å². The number of aromatic nitrogens is 4. The second-order valence-corrected chi connectivity index (χ2v) is 6.43. The number of nitrogens with zero attached hydrogens (tertiary/aromatic N) is 4. The number of hydrogen-bond acceptors (Lipinski definition) is 8. The highest BCUT2D eigenvalue weighted by Gasteiger charge is 2.19. The van der Waals surface area contributed by atoms with Crippen LogP contribution in [0.3, 0.4) is 0 Å². The van der Waals surface area contributed by atoms with Gasteiger partial charge in [0, 0.05) is 23.6 Å². The lowest BCUT2D eigenvalue weighted by Gasteiger charge is -2.12. The van der Waals surface area contributed by atoms with Gasteiger partial charge in [0.1, 0.15) is 11.4 Å². The van der Waals surface area contributed by atoms with E-state index in [9.17, 15) is 9.90 Å². The Labute approximate surface area is 172 Å². The van der Waals surface area contributed by atoms with Crippen molar-refractivity contribution in [3.05, 3.63) is 60.2 Å². The Kier molecular flexibility index (Phi) is 6.75. The molecule has 2 N–H and O–H groups in total. The van der Waals surface area contributed by atoms with Gasteiger partial charge in [0.15, 0.2) is 11.0 Å². The molecule has 1 aromatic carbocycles. The number of carboxylic acids is 1. The first-order chi connectivity index (χ1) is 14.1. The van der Waals surface area contributed by atoms with Gasteiger partial charge < -0.3 is 15.2 Å². The molecule has 0 aliphatic rings. The molecule has 3 aromatic rings. The fourth-order valence-electron chi connectivity index (χ4n) is 2.50. The molecule has 0 atom stereocenters. The first kappa shape index (κ1) is 20.3. The zero-order valence-corrected chi connectivity index (χ0v) is 16.7. The molecule has 0 aliphatic heterocycles. The van der Waals surface area contributed by atoms with Crippen LogP contribution >= 0.6 is 11.8 Å². The number of aromatic carboxylic acids is 1. The Hall–Kier alpha value is -3.46. The van der Waals surface area contributed by atoms with Crippen molar-refractivity contribution in [2.45, 2.75) is 12.1 Å². The summed E-state index contributed by atoms with van der Waals surface area (Å²) in [5.41, 5.74) is 1.67. The third-order valence-corrected chi connectivity index (χ3v) is 4.30. The van der Waals surface area contributed by atoms with Crippen LogP contribution in [0.15, 0.2) is 54.1 Å². The molecular formula is C20H19N5O3S. The van der Waals surface area contributed by atoms with Gasteiger partial charge in [-0.15, -0.1) is 0 Å². The first-order valence-corrected chi connectivity index (χ1v) is 9.96. The zero-order chi connectivity index (χ0) is 20.6. The van der Waals surface area contributed by atoms with Crippen molar-refractivity contribution < 1.29 is 14.6 Å². The van der Waals surface area contributed by atoms with E-state index in [0.29, 0.717) is 23.3 Å². The van der Waals surface area contributed by atoms with Crippen molar-refractivity contribution in [2.75, 3.05) is 18.2 Å². The van der Waals surface area contributed by atoms with Crippen LogP contribution in [0.2, 0.25) is 0 Å². The second kappa shape index (κ2) is 9.65. The van der Waals surface area contributed by atoms with Crippen LogP contribution in [0.4, 0.5) is 11.5 Å². The summed E-state index contributed by atoms with van der Waals surface area (Å²) in [5, 5.41) is 13.3. The fraction of sp³-hybridized carbons (Fsp3) is 0.150. The van der Waals surface area contributed by atoms with E-state index >= 15 is 0 Å². The van der Waals surface area contributed by atoms with Gasteiger partial charge in [-0.2, -0.15) is 0 Å². The first-order valence-electron chi connectivity index (χ1n) is 8.74. The Morgan fingerprint density at radius 1 is 1.24 bits per heavy atom. The van der Waals surface area contributed by atoms with Gasteiger partial charge >= 0.3 is 5.97 Å². The van der Waals surface area contributed by atoms with Crippen molar-refractivity contribution in [3.8, 4) is 11.4 Å². The smallest absolute Gasteiger partial charge is 0.341 e. The van der Waals surface area contributed by atoms with Gasteiger partial charge in [0.05, 0.1) is 18.6 Å². The van der Waals surface area contributed by atoms with Crippen LogP contribution < -0.4 is 5.32 Å². The topological polar surface area (TPSA) is 110 Å². The molecule has 2 heterocycles. The summed E-state index contributed by atoms with van der Waals surface area (Å²) in [6, 6.07) is 9.10. The number of nitrogens with one attached hydrogen (secondary N) is 1. The van der Waals surface area contributed by atoms with Crippen LogP contribution in [0.25, 0.3) is 17.5 Å². The maximum Gasteiger partial charge on any atom is 0.341 e. The van der Waals surface area contributed by atoms with Crippen molar-refractivity contribution in [2.24, 2.45) is 0 Å². The molecule has 8 nitrogen and oxygen atoms in total. The Morgan fingerprint density at radius 2 is 2.03 bits per heavy atom. The van der Waals surface area contributed by atoms with E-state index in [2.05, 4.69) is 25.3 Å². The lowest BCUT2D eigenvalue weighted by Crippen LogP contribution is -2.10. The standard InChI is InChI=1S/C20H19N5O3S/c1-3-28-11-8-15-16(19(26)27)18(25-20(24-15)29-2)23-14-7-4-6-13(12-14)17-21-9-5-10-22-17/h4-12H,3H2,1-2H3,(H,26,27)(H,23,24,25)/b11-8+. The minimum atomic E-state index is -1.14. The van der Waals surface area contributed by atoms with Gasteiger partial charge in [0.25, 0.3) is 0 Å². The number of carboxylic acid groups (broad SMARTS) is 1. The number of hydrogen-bond donors (Lipinski definition) is 2. The molecule has 0 bridgehead atoms. The van der Waals surface area contributed by atoms with Crippen LogP contribution in [-0.4, -0.2) is 43.9 Å². The normalized spacial score (nSPS) is 10.8. The van der Waals surface area contributed by atoms with Crippen molar-refractivity contribution >= 4 is 35.3 Å². The minimum absolute atomic E-state index is 0.0416. The average Bonchev–Trinajstić information content (AvgIpc) is 2.74. The maximum atomic E-state index is 11.9. The fourth-order valence-corrected chi connectivity index (χ4v) is 2.87. The van der Waals surface area contributed by atoms with E-state index in [4.69, 9.17) is 4.74 Å². The molecule has 0 unspecified atom stereocenters. The Morgan fingerprint density at radius 3 is 2.72 bits per heavy atom. The highest BCUT2D eigenvalue weighted by atomic mass is 32.2. The molecule has 0 radical (unpaired) electrons. The van der Waals surface area contributed by atoms with E-state index in [1.54, 1.807) is 18.5 Å². The van der Waals surface area contributed by atoms with Crippen LogP contribution in [-0.2, 0) is 4.74 Å². The number of anilines is 2. The highest BCUT2D eigenvalue weighted by Crippen LogP contribution is 2.27. The van der Waals surface area contributed by atoms with Gasteiger partial charge in [-0.25, -0.2) is 24.7 Å². The summed E-state index contributed by atoms with van der Waals surface area (Å²) in [6.07, 6.45) is 8.10. The second-order valence-electron chi connectivity index (χ2n) is 5.66. The Bertz CT molecular complexity index is 1030. The number of benzene rings is 1. The number of thioether (sulfide) groups is 1. The molecular weight excluding hydrogens is 390 g/mol. The molecule has 29 heavy (non-hydrogen) atoms. The average molecular weight is 409 g/mol.